The third-order valence-electron chi connectivity index (χ3n) is 4.23. The summed E-state index contributed by atoms with van der Waals surface area (Å²) < 4.78 is 1.93. The van der Waals surface area contributed by atoms with Crippen LogP contribution < -0.4 is 5.56 Å². The second-order valence-electron chi connectivity index (χ2n) is 6.01. The molecule has 0 saturated carbocycles. The number of rotatable bonds is 5. The van der Waals surface area contributed by atoms with E-state index in [0.717, 1.165) is 51.0 Å². The summed E-state index contributed by atoms with van der Waals surface area (Å²) >= 11 is 0. The molecule has 0 aliphatic carbocycles. The first-order valence-corrected chi connectivity index (χ1v) is 7.68. The van der Waals surface area contributed by atoms with Crippen molar-refractivity contribution in [3.05, 3.63) is 34.2 Å². The van der Waals surface area contributed by atoms with Gasteiger partial charge < -0.3 is 14.4 Å². The van der Waals surface area contributed by atoms with Gasteiger partial charge in [0.05, 0.1) is 0 Å². The minimum atomic E-state index is 0.163. The van der Waals surface area contributed by atoms with Crippen molar-refractivity contribution in [1.82, 2.24) is 14.4 Å². The topological polar surface area (TPSA) is 28.5 Å². The van der Waals surface area contributed by atoms with Crippen LogP contribution in [0.15, 0.2) is 23.1 Å². The fourth-order valence-corrected chi connectivity index (χ4v) is 2.81. The van der Waals surface area contributed by atoms with Crippen LogP contribution in [-0.2, 0) is 6.42 Å². The Labute approximate surface area is 122 Å². The zero-order chi connectivity index (χ0) is 14.5. The standard InChI is InChI=1S/C16H27N3O/c1-4-14-5-10-19(16(20)13-14)15-6-8-18(9-7-15)12-11-17(2)3/h5,10,13,15H,4,6-9,11-12H2,1-3H3. The maximum Gasteiger partial charge on any atom is 0.251 e. The van der Waals surface area contributed by atoms with E-state index in [0.29, 0.717) is 6.04 Å². The first-order valence-electron chi connectivity index (χ1n) is 7.68. The number of likely N-dealkylation sites (N-methyl/N-ethyl adjacent to an activating group) is 1. The smallest absolute Gasteiger partial charge is 0.251 e. The van der Waals surface area contributed by atoms with Crippen molar-refractivity contribution in [3.8, 4) is 0 Å². The fourth-order valence-electron chi connectivity index (χ4n) is 2.81. The summed E-state index contributed by atoms with van der Waals surface area (Å²) in [6.45, 7) is 6.52. The van der Waals surface area contributed by atoms with E-state index >= 15 is 0 Å². The minimum absolute atomic E-state index is 0.163. The molecule has 4 heteroatoms. The van der Waals surface area contributed by atoms with Gasteiger partial charge in [-0.2, -0.15) is 0 Å². The van der Waals surface area contributed by atoms with Crippen LogP contribution in [0.1, 0.15) is 31.4 Å². The molecule has 0 atom stereocenters. The molecule has 0 amide bonds. The maximum absolute atomic E-state index is 12.1. The van der Waals surface area contributed by atoms with Crippen LogP contribution in [0.25, 0.3) is 0 Å². The lowest BCUT2D eigenvalue weighted by molar-refractivity contribution is 0.171. The molecular formula is C16H27N3O. The summed E-state index contributed by atoms with van der Waals surface area (Å²) in [4.78, 5) is 16.9. The molecule has 20 heavy (non-hydrogen) atoms. The van der Waals surface area contributed by atoms with Crippen molar-refractivity contribution in [3.63, 3.8) is 0 Å². The Morgan fingerprint density at radius 1 is 1.30 bits per heavy atom. The zero-order valence-electron chi connectivity index (χ0n) is 13.0. The number of hydrogen-bond acceptors (Lipinski definition) is 3. The molecule has 1 aliphatic rings. The van der Waals surface area contributed by atoms with Crippen LogP contribution >= 0.6 is 0 Å². The number of nitrogens with zero attached hydrogens (tertiary/aromatic N) is 3. The van der Waals surface area contributed by atoms with Gasteiger partial charge >= 0.3 is 0 Å². The van der Waals surface area contributed by atoms with Crippen molar-refractivity contribution in [2.75, 3.05) is 40.3 Å². The van der Waals surface area contributed by atoms with Gasteiger partial charge in [0.1, 0.15) is 0 Å². The van der Waals surface area contributed by atoms with E-state index in [2.05, 4.69) is 36.9 Å². The molecule has 0 radical (unpaired) electrons. The molecule has 0 aromatic carbocycles. The number of piperidine rings is 1. The molecule has 2 heterocycles. The lowest BCUT2D eigenvalue weighted by Crippen LogP contribution is -2.40. The average Bonchev–Trinajstić information content (AvgIpc) is 2.45. The monoisotopic (exact) mass is 277 g/mol. The van der Waals surface area contributed by atoms with Gasteiger partial charge in [-0.25, -0.2) is 0 Å². The Bertz CT molecular complexity index is 473. The Morgan fingerprint density at radius 3 is 2.55 bits per heavy atom. The highest BCUT2D eigenvalue weighted by Crippen LogP contribution is 2.20. The van der Waals surface area contributed by atoms with E-state index in [1.54, 1.807) is 6.07 Å². The van der Waals surface area contributed by atoms with Crippen molar-refractivity contribution >= 4 is 0 Å². The van der Waals surface area contributed by atoms with Gasteiger partial charge in [-0.3, -0.25) is 4.79 Å². The van der Waals surface area contributed by atoms with Crippen LogP contribution in [0.2, 0.25) is 0 Å². The van der Waals surface area contributed by atoms with Gasteiger partial charge in [-0.05, 0) is 45.0 Å². The molecular weight excluding hydrogens is 250 g/mol. The van der Waals surface area contributed by atoms with Gasteiger partial charge in [0.25, 0.3) is 5.56 Å². The SMILES string of the molecule is CCc1ccn(C2CCN(CCN(C)C)CC2)c(=O)c1. The van der Waals surface area contributed by atoms with Crippen LogP contribution in [0.3, 0.4) is 0 Å². The highest BCUT2D eigenvalue weighted by Gasteiger charge is 2.20. The summed E-state index contributed by atoms with van der Waals surface area (Å²) in [5.74, 6) is 0. The molecule has 112 valence electrons. The van der Waals surface area contributed by atoms with Gasteiger partial charge in [0.2, 0.25) is 0 Å². The van der Waals surface area contributed by atoms with Crippen LogP contribution in [0, 0.1) is 0 Å². The Kier molecular flexibility index (Phi) is 5.38. The second kappa shape index (κ2) is 7.04. The zero-order valence-corrected chi connectivity index (χ0v) is 13.0. The lowest BCUT2D eigenvalue weighted by Gasteiger charge is -2.33. The predicted octanol–water partition coefficient (Wildman–Crippen LogP) is 1.61. The minimum Gasteiger partial charge on any atom is -0.312 e. The average molecular weight is 277 g/mol. The summed E-state index contributed by atoms with van der Waals surface area (Å²) in [7, 11) is 4.23. The maximum atomic E-state index is 12.1. The van der Waals surface area contributed by atoms with Crippen molar-refractivity contribution in [2.24, 2.45) is 0 Å². The third-order valence-corrected chi connectivity index (χ3v) is 4.23. The van der Waals surface area contributed by atoms with Crippen LogP contribution in [-0.4, -0.2) is 54.6 Å². The summed E-state index contributed by atoms with van der Waals surface area (Å²) in [6, 6.07) is 4.25. The first-order chi connectivity index (χ1) is 9.60. The molecule has 0 spiro atoms. The van der Waals surface area contributed by atoms with E-state index in [-0.39, 0.29) is 5.56 Å². The molecule has 0 bridgehead atoms. The molecule has 0 N–H and O–H groups in total. The highest BCUT2D eigenvalue weighted by molar-refractivity contribution is 5.11. The lowest BCUT2D eigenvalue weighted by atomic mass is 10.0. The van der Waals surface area contributed by atoms with Crippen molar-refractivity contribution < 1.29 is 0 Å². The molecule has 1 fully saturated rings. The van der Waals surface area contributed by atoms with E-state index in [4.69, 9.17) is 0 Å². The molecule has 1 saturated heterocycles. The summed E-state index contributed by atoms with van der Waals surface area (Å²) in [5.41, 5.74) is 1.30. The Morgan fingerprint density at radius 2 is 2.00 bits per heavy atom. The molecule has 1 aliphatic heterocycles. The number of aromatic nitrogens is 1. The quantitative estimate of drug-likeness (QED) is 0.818. The second-order valence-corrected chi connectivity index (χ2v) is 6.01. The van der Waals surface area contributed by atoms with Gasteiger partial charge in [0, 0.05) is 44.5 Å². The largest absolute Gasteiger partial charge is 0.312 e. The first kappa shape index (κ1) is 15.3. The van der Waals surface area contributed by atoms with Gasteiger partial charge in [-0.1, -0.05) is 6.92 Å². The van der Waals surface area contributed by atoms with Gasteiger partial charge in [-0.15, -0.1) is 0 Å². The van der Waals surface area contributed by atoms with E-state index < -0.39 is 0 Å². The molecule has 1 aromatic heterocycles. The molecule has 2 rings (SSSR count). The number of pyridine rings is 1. The summed E-state index contributed by atoms with van der Waals surface area (Å²) in [6.07, 6.45) is 5.08. The Hall–Kier alpha value is -1.13. The van der Waals surface area contributed by atoms with E-state index in [9.17, 15) is 4.79 Å². The predicted molar refractivity (Wildman–Crippen MR) is 83.3 cm³/mol. The van der Waals surface area contributed by atoms with Crippen molar-refractivity contribution in [2.45, 2.75) is 32.2 Å². The normalized spacial score (nSPS) is 17.8. The van der Waals surface area contributed by atoms with Gasteiger partial charge in [0.15, 0.2) is 0 Å². The molecule has 0 unspecified atom stereocenters. The fraction of sp³-hybridized carbons (Fsp3) is 0.688. The van der Waals surface area contributed by atoms with Crippen molar-refractivity contribution in [1.29, 1.82) is 0 Å². The third kappa shape index (κ3) is 3.93. The summed E-state index contributed by atoms with van der Waals surface area (Å²) in [5, 5.41) is 0. The number of aryl methyl sites for hydroxylation is 1. The van der Waals surface area contributed by atoms with Crippen LogP contribution in [0.5, 0.6) is 0 Å². The Balaban J connectivity index is 1.92. The number of likely N-dealkylation sites (tertiary alicyclic amines) is 1. The molecule has 4 nitrogen and oxygen atoms in total. The van der Waals surface area contributed by atoms with Crippen LogP contribution in [0.4, 0.5) is 0 Å². The highest BCUT2D eigenvalue weighted by atomic mass is 16.1. The molecule has 1 aromatic rings. The van der Waals surface area contributed by atoms with E-state index in [1.807, 2.05) is 10.8 Å². The van der Waals surface area contributed by atoms with E-state index in [1.165, 1.54) is 0 Å². The number of hydrogen-bond donors (Lipinski definition) is 0.